The van der Waals surface area contributed by atoms with E-state index in [2.05, 4.69) is 29.6 Å². The quantitative estimate of drug-likeness (QED) is 0.885. The number of thioether (sulfide) groups is 1. The lowest BCUT2D eigenvalue weighted by atomic mass is 9.74. The van der Waals surface area contributed by atoms with E-state index in [0.717, 1.165) is 12.3 Å². The number of aliphatic hydroxyl groups is 1. The van der Waals surface area contributed by atoms with Crippen LogP contribution in [0, 0.1) is 5.41 Å². The molecule has 1 fully saturated rings. The number of hydrogen-bond acceptors (Lipinski definition) is 3. The fraction of sp³-hybridized carbons (Fsp3) is 0.625. The summed E-state index contributed by atoms with van der Waals surface area (Å²) in [5.41, 5.74) is 1.58. The van der Waals surface area contributed by atoms with E-state index in [-0.39, 0.29) is 5.41 Å². The van der Waals surface area contributed by atoms with Crippen molar-refractivity contribution in [1.29, 1.82) is 0 Å². The van der Waals surface area contributed by atoms with Gasteiger partial charge in [-0.2, -0.15) is 0 Å². The van der Waals surface area contributed by atoms with E-state index in [1.807, 2.05) is 11.8 Å². The molecule has 0 aromatic heterocycles. The predicted molar refractivity (Wildman–Crippen MR) is 80.5 cm³/mol. The molecule has 2 N–H and O–H groups in total. The smallest absolute Gasteiger partial charge is 0.0499 e. The molecule has 3 heteroatoms. The molecule has 1 aromatic rings. The van der Waals surface area contributed by atoms with Crippen molar-refractivity contribution in [3.8, 4) is 0 Å². The first kappa shape index (κ1) is 13.5. The minimum Gasteiger partial charge on any atom is -0.396 e. The van der Waals surface area contributed by atoms with E-state index < -0.39 is 0 Å². The molecule has 1 aliphatic heterocycles. The standard InChI is InChI=1S/C16H23NOS/c18-12-16(8-4-1-5-9-16)11-17-14-10-19-15-7-3-2-6-13(14)15/h2-3,6-7,14,17-18H,1,4-5,8-12H2. The topological polar surface area (TPSA) is 32.3 Å². The van der Waals surface area contributed by atoms with E-state index in [1.165, 1.54) is 42.6 Å². The largest absolute Gasteiger partial charge is 0.396 e. The number of benzene rings is 1. The van der Waals surface area contributed by atoms with E-state index in [9.17, 15) is 5.11 Å². The zero-order chi connectivity index (χ0) is 13.1. The molecule has 0 spiro atoms. The molecule has 1 saturated carbocycles. The Labute approximate surface area is 120 Å². The normalized spacial score (nSPS) is 25.2. The molecule has 19 heavy (non-hydrogen) atoms. The zero-order valence-corrected chi connectivity index (χ0v) is 12.2. The van der Waals surface area contributed by atoms with Gasteiger partial charge >= 0.3 is 0 Å². The first-order valence-corrected chi connectivity index (χ1v) is 8.38. The maximum Gasteiger partial charge on any atom is 0.0499 e. The van der Waals surface area contributed by atoms with Gasteiger partial charge in [-0.05, 0) is 24.5 Å². The monoisotopic (exact) mass is 277 g/mol. The summed E-state index contributed by atoms with van der Waals surface area (Å²) in [5, 5.41) is 13.5. The third-order valence-electron chi connectivity index (χ3n) is 4.67. The predicted octanol–water partition coefficient (Wildman–Crippen LogP) is 3.37. The van der Waals surface area contributed by atoms with Crippen LogP contribution in [0.1, 0.15) is 43.7 Å². The highest BCUT2D eigenvalue weighted by molar-refractivity contribution is 7.99. The molecule has 0 saturated heterocycles. The Morgan fingerprint density at radius 1 is 1.21 bits per heavy atom. The van der Waals surface area contributed by atoms with E-state index in [4.69, 9.17) is 0 Å². The van der Waals surface area contributed by atoms with E-state index in [0.29, 0.717) is 12.6 Å². The summed E-state index contributed by atoms with van der Waals surface area (Å²) in [6.45, 7) is 1.30. The second kappa shape index (κ2) is 5.86. The molecule has 104 valence electrons. The number of rotatable bonds is 4. The van der Waals surface area contributed by atoms with Crippen LogP contribution >= 0.6 is 11.8 Å². The lowest BCUT2D eigenvalue weighted by Gasteiger charge is -2.36. The van der Waals surface area contributed by atoms with Crippen LogP contribution in [0.4, 0.5) is 0 Å². The van der Waals surface area contributed by atoms with E-state index >= 15 is 0 Å². The van der Waals surface area contributed by atoms with Gasteiger partial charge in [-0.1, -0.05) is 37.5 Å². The number of aliphatic hydroxyl groups excluding tert-OH is 1. The molecule has 1 heterocycles. The van der Waals surface area contributed by atoms with Gasteiger partial charge in [0.1, 0.15) is 0 Å². The van der Waals surface area contributed by atoms with Crippen LogP contribution in [-0.4, -0.2) is 24.0 Å². The van der Waals surface area contributed by atoms with Crippen LogP contribution in [0.5, 0.6) is 0 Å². The lowest BCUT2D eigenvalue weighted by molar-refractivity contribution is 0.0790. The average molecular weight is 277 g/mol. The summed E-state index contributed by atoms with van der Waals surface area (Å²) in [5.74, 6) is 1.13. The zero-order valence-electron chi connectivity index (χ0n) is 11.4. The summed E-state index contributed by atoms with van der Waals surface area (Å²) < 4.78 is 0. The van der Waals surface area contributed by atoms with Crippen molar-refractivity contribution in [3.05, 3.63) is 29.8 Å². The fourth-order valence-electron chi connectivity index (χ4n) is 3.36. The molecule has 0 amide bonds. The Morgan fingerprint density at radius 2 is 2.00 bits per heavy atom. The Balaban J connectivity index is 1.63. The molecular weight excluding hydrogens is 254 g/mol. The van der Waals surface area contributed by atoms with Crippen LogP contribution in [0.25, 0.3) is 0 Å². The van der Waals surface area contributed by atoms with E-state index in [1.54, 1.807) is 0 Å². The van der Waals surface area contributed by atoms with Gasteiger partial charge in [-0.15, -0.1) is 11.8 Å². The van der Waals surface area contributed by atoms with Crippen LogP contribution in [0.15, 0.2) is 29.2 Å². The van der Waals surface area contributed by atoms with Gasteiger partial charge in [-0.3, -0.25) is 0 Å². The van der Waals surface area contributed by atoms with Crippen LogP contribution in [0.3, 0.4) is 0 Å². The highest BCUT2D eigenvalue weighted by atomic mass is 32.2. The summed E-state index contributed by atoms with van der Waals surface area (Å²) in [6, 6.07) is 9.15. The molecule has 3 rings (SSSR count). The molecule has 1 unspecified atom stereocenters. The summed E-state index contributed by atoms with van der Waals surface area (Å²) in [6.07, 6.45) is 6.25. The van der Waals surface area contributed by atoms with Crippen molar-refractivity contribution in [3.63, 3.8) is 0 Å². The summed E-state index contributed by atoms with van der Waals surface area (Å²) in [4.78, 5) is 1.42. The van der Waals surface area contributed by atoms with Gasteiger partial charge in [0.05, 0.1) is 0 Å². The van der Waals surface area contributed by atoms with Gasteiger partial charge in [0.2, 0.25) is 0 Å². The van der Waals surface area contributed by atoms with Crippen molar-refractivity contribution in [2.45, 2.75) is 43.0 Å². The Hall–Kier alpha value is -0.510. The minimum absolute atomic E-state index is 0.139. The average Bonchev–Trinajstić information content (AvgIpc) is 2.89. The van der Waals surface area contributed by atoms with Gasteiger partial charge in [0.25, 0.3) is 0 Å². The van der Waals surface area contributed by atoms with Gasteiger partial charge < -0.3 is 10.4 Å². The first-order chi connectivity index (χ1) is 9.33. The Morgan fingerprint density at radius 3 is 2.79 bits per heavy atom. The molecule has 0 radical (unpaired) electrons. The second-order valence-corrected chi connectivity index (χ2v) is 7.06. The third kappa shape index (κ3) is 2.83. The number of nitrogens with one attached hydrogen (secondary N) is 1. The molecular formula is C16H23NOS. The molecule has 0 bridgehead atoms. The van der Waals surface area contributed by atoms with Gasteiger partial charge in [0, 0.05) is 35.3 Å². The number of fused-ring (bicyclic) bond motifs is 1. The van der Waals surface area contributed by atoms with Crippen molar-refractivity contribution < 1.29 is 5.11 Å². The number of hydrogen-bond donors (Lipinski definition) is 2. The van der Waals surface area contributed by atoms with Crippen LogP contribution in [0.2, 0.25) is 0 Å². The highest BCUT2D eigenvalue weighted by Crippen LogP contribution is 2.40. The Bertz CT molecular complexity index is 429. The first-order valence-electron chi connectivity index (χ1n) is 7.39. The van der Waals surface area contributed by atoms with Crippen molar-refractivity contribution in [2.24, 2.45) is 5.41 Å². The third-order valence-corrected chi connectivity index (χ3v) is 5.86. The maximum absolute atomic E-state index is 9.77. The minimum atomic E-state index is 0.139. The fourth-order valence-corrected chi connectivity index (χ4v) is 4.56. The molecule has 1 aromatic carbocycles. The lowest BCUT2D eigenvalue weighted by Crippen LogP contribution is -2.40. The van der Waals surface area contributed by atoms with Crippen molar-refractivity contribution in [2.75, 3.05) is 18.9 Å². The SMILES string of the molecule is OCC1(CNC2CSc3ccccc32)CCCCC1. The molecule has 1 atom stereocenters. The van der Waals surface area contributed by atoms with Gasteiger partial charge in [0.15, 0.2) is 0 Å². The van der Waals surface area contributed by atoms with Crippen molar-refractivity contribution >= 4 is 11.8 Å². The maximum atomic E-state index is 9.77. The highest BCUT2D eigenvalue weighted by Gasteiger charge is 2.33. The van der Waals surface area contributed by atoms with Crippen LogP contribution < -0.4 is 5.32 Å². The van der Waals surface area contributed by atoms with Crippen molar-refractivity contribution in [1.82, 2.24) is 5.32 Å². The van der Waals surface area contributed by atoms with Crippen LogP contribution in [-0.2, 0) is 0 Å². The second-order valence-electron chi connectivity index (χ2n) is 6.00. The summed E-state index contributed by atoms with van der Waals surface area (Å²) >= 11 is 1.94. The van der Waals surface area contributed by atoms with Gasteiger partial charge in [-0.25, -0.2) is 0 Å². The summed E-state index contributed by atoms with van der Waals surface area (Å²) in [7, 11) is 0. The molecule has 2 aliphatic rings. The Kier molecular flexibility index (Phi) is 4.15. The molecule has 1 aliphatic carbocycles. The molecule has 2 nitrogen and oxygen atoms in total.